The van der Waals surface area contributed by atoms with Crippen molar-refractivity contribution in [2.45, 2.75) is 35.7 Å². The summed E-state index contributed by atoms with van der Waals surface area (Å²) in [5.41, 5.74) is 5.86. The molecular formula is C13H16F2N2O2S. The number of rotatable bonds is 5. The van der Waals surface area contributed by atoms with Crippen LogP contribution in [-0.2, 0) is 9.53 Å². The summed E-state index contributed by atoms with van der Waals surface area (Å²) in [6.07, 6.45) is 0.671. The van der Waals surface area contributed by atoms with E-state index < -0.39 is 11.9 Å². The number of nitrogens with one attached hydrogen (secondary N) is 1. The highest BCUT2D eigenvalue weighted by atomic mass is 32.2. The summed E-state index contributed by atoms with van der Waals surface area (Å²) >= 11 is 0.406. The van der Waals surface area contributed by atoms with Gasteiger partial charge in [-0.05, 0) is 25.0 Å². The third kappa shape index (κ3) is 3.91. The second-order valence-electron chi connectivity index (χ2n) is 4.42. The molecule has 4 nitrogen and oxygen atoms in total. The van der Waals surface area contributed by atoms with Crippen LogP contribution in [0.4, 0.5) is 14.5 Å². The van der Waals surface area contributed by atoms with Crippen LogP contribution in [0.25, 0.3) is 0 Å². The molecule has 20 heavy (non-hydrogen) atoms. The Bertz CT molecular complexity index is 473. The molecule has 2 unspecified atom stereocenters. The van der Waals surface area contributed by atoms with Gasteiger partial charge in [0.05, 0.1) is 11.8 Å². The van der Waals surface area contributed by atoms with E-state index in [9.17, 15) is 13.6 Å². The van der Waals surface area contributed by atoms with Crippen LogP contribution in [-0.4, -0.2) is 30.4 Å². The molecule has 1 heterocycles. The van der Waals surface area contributed by atoms with Gasteiger partial charge in [-0.2, -0.15) is 8.78 Å². The Labute approximate surface area is 120 Å². The molecule has 110 valence electrons. The number of carbonyl (C=O) groups excluding carboxylic acids is 1. The maximum atomic E-state index is 12.4. The average Bonchev–Trinajstić information content (AvgIpc) is 2.89. The second-order valence-corrected chi connectivity index (χ2v) is 5.46. The van der Waals surface area contributed by atoms with Crippen LogP contribution in [0.3, 0.4) is 0 Å². The Kier molecular flexibility index (Phi) is 5.33. The molecule has 0 aliphatic carbocycles. The van der Waals surface area contributed by atoms with E-state index in [0.29, 0.717) is 35.3 Å². The highest BCUT2D eigenvalue weighted by Gasteiger charge is 2.30. The first-order valence-corrected chi connectivity index (χ1v) is 7.18. The number of alkyl halides is 2. The molecule has 3 N–H and O–H groups in total. The molecule has 0 bridgehead atoms. The molecule has 1 aliphatic rings. The van der Waals surface area contributed by atoms with Crippen LogP contribution in [0.2, 0.25) is 0 Å². The number of amides is 1. The fourth-order valence-electron chi connectivity index (χ4n) is 2.05. The molecule has 2 atom stereocenters. The van der Waals surface area contributed by atoms with E-state index in [-0.39, 0.29) is 12.0 Å². The van der Waals surface area contributed by atoms with Gasteiger partial charge in [-0.3, -0.25) is 4.79 Å². The standard InChI is InChI=1S/C13H16F2N2O2S/c14-13(15)20-11-4-2-1-3-9(11)17-12(18)10-6-5-8(7-16)19-10/h1-4,8,10,13H,5-7,16H2,(H,17,18). The minimum absolute atomic E-state index is 0.101. The number of thioether (sulfide) groups is 1. The number of para-hydroxylation sites is 1. The third-order valence-corrected chi connectivity index (χ3v) is 3.81. The fraction of sp³-hybridized carbons (Fsp3) is 0.462. The van der Waals surface area contributed by atoms with Crippen molar-refractivity contribution in [3.63, 3.8) is 0 Å². The smallest absolute Gasteiger partial charge is 0.288 e. The van der Waals surface area contributed by atoms with Crippen molar-refractivity contribution in [3.05, 3.63) is 24.3 Å². The van der Waals surface area contributed by atoms with Crippen molar-refractivity contribution in [1.29, 1.82) is 0 Å². The van der Waals surface area contributed by atoms with Gasteiger partial charge >= 0.3 is 0 Å². The van der Waals surface area contributed by atoms with Gasteiger partial charge in [-0.25, -0.2) is 0 Å². The Hall–Kier alpha value is -1.18. The van der Waals surface area contributed by atoms with Crippen LogP contribution < -0.4 is 11.1 Å². The van der Waals surface area contributed by atoms with E-state index in [1.165, 1.54) is 0 Å². The molecule has 0 radical (unpaired) electrons. The third-order valence-electron chi connectivity index (χ3n) is 3.02. The molecule has 1 aromatic carbocycles. The molecule has 0 aromatic heterocycles. The highest BCUT2D eigenvalue weighted by Crippen LogP contribution is 2.32. The van der Waals surface area contributed by atoms with Crippen LogP contribution in [0, 0.1) is 0 Å². The quantitative estimate of drug-likeness (QED) is 0.820. The number of carbonyl (C=O) groups is 1. The summed E-state index contributed by atoms with van der Waals surface area (Å²) in [6, 6.07) is 6.48. The van der Waals surface area contributed by atoms with Gasteiger partial charge in [0, 0.05) is 11.4 Å². The van der Waals surface area contributed by atoms with Gasteiger partial charge < -0.3 is 15.8 Å². The van der Waals surface area contributed by atoms with Gasteiger partial charge in [-0.1, -0.05) is 23.9 Å². The molecule has 0 saturated carbocycles. The molecule has 1 amide bonds. The van der Waals surface area contributed by atoms with E-state index in [1.807, 2.05) is 0 Å². The first-order chi connectivity index (χ1) is 9.60. The van der Waals surface area contributed by atoms with Crippen molar-refractivity contribution in [1.82, 2.24) is 0 Å². The van der Waals surface area contributed by atoms with E-state index in [0.717, 1.165) is 6.42 Å². The normalized spacial score (nSPS) is 22.2. The molecule has 1 saturated heterocycles. The maximum Gasteiger partial charge on any atom is 0.288 e. The van der Waals surface area contributed by atoms with Gasteiger partial charge in [0.1, 0.15) is 6.10 Å². The molecule has 1 fully saturated rings. The zero-order chi connectivity index (χ0) is 14.5. The van der Waals surface area contributed by atoms with Gasteiger partial charge in [-0.15, -0.1) is 0 Å². The zero-order valence-electron chi connectivity index (χ0n) is 10.7. The number of hydrogen-bond donors (Lipinski definition) is 2. The number of ether oxygens (including phenoxy) is 1. The number of anilines is 1. The molecule has 1 aliphatic heterocycles. The largest absolute Gasteiger partial charge is 0.364 e. The predicted molar refractivity (Wildman–Crippen MR) is 73.9 cm³/mol. The Morgan fingerprint density at radius 3 is 2.85 bits per heavy atom. The summed E-state index contributed by atoms with van der Waals surface area (Å²) in [6.45, 7) is 0.377. The first-order valence-electron chi connectivity index (χ1n) is 6.30. The summed E-state index contributed by atoms with van der Waals surface area (Å²) in [5.74, 6) is -2.85. The summed E-state index contributed by atoms with van der Waals surface area (Å²) < 4.78 is 30.4. The van der Waals surface area contributed by atoms with E-state index >= 15 is 0 Å². The van der Waals surface area contributed by atoms with Crippen molar-refractivity contribution < 1.29 is 18.3 Å². The second kappa shape index (κ2) is 7.01. The minimum Gasteiger partial charge on any atom is -0.364 e. The Morgan fingerprint density at radius 2 is 2.20 bits per heavy atom. The lowest BCUT2D eigenvalue weighted by Gasteiger charge is -2.14. The zero-order valence-corrected chi connectivity index (χ0v) is 11.5. The average molecular weight is 302 g/mol. The van der Waals surface area contributed by atoms with Crippen LogP contribution in [0.15, 0.2) is 29.2 Å². The first kappa shape index (κ1) is 15.2. The molecular weight excluding hydrogens is 286 g/mol. The topological polar surface area (TPSA) is 64.4 Å². The van der Waals surface area contributed by atoms with E-state index in [2.05, 4.69) is 5.32 Å². The van der Waals surface area contributed by atoms with Crippen molar-refractivity contribution in [3.8, 4) is 0 Å². The summed E-state index contributed by atoms with van der Waals surface area (Å²) in [5, 5.41) is 2.64. The Balaban J connectivity index is 2.01. The van der Waals surface area contributed by atoms with Gasteiger partial charge in [0.25, 0.3) is 11.7 Å². The number of halogens is 2. The van der Waals surface area contributed by atoms with Gasteiger partial charge in [0.15, 0.2) is 0 Å². The number of benzene rings is 1. The summed E-state index contributed by atoms with van der Waals surface area (Å²) in [7, 11) is 0. The maximum absolute atomic E-state index is 12.4. The molecule has 7 heteroatoms. The monoisotopic (exact) mass is 302 g/mol. The Morgan fingerprint density at radius 1 is 1.45 bits per heavy atom. The predicted octanol–water partition coefficient (Wildman–Crippen LogP) is 2.45. The van der Waals surface area contributed by atoms with Crippen LogP contribution in [0.5, 0.6) is 0 Å². The van der Waals surface area contributed by atoms with Crippen LogP contribution in [0.1, 0.15) is 12.8 Å². The number of hydrogen-bond acceptors (Lipinski definition) is 4. The fourth-order valence-corrected chi connectivity index (χ4v) is 2.65. The molecule has 2 rings (SSSR count). The van der Waals surface area contributed by atoms with Gasteiger partial charge in [0.2, 0.25) is 0 Å². The van der Waals surface area contributed by atoms with E-state index in [4.69, 9.17) is 10.5 Å². The summed E-state index contributed by atoms with van der Waals surface area (Å²) in [4.78, 5) is 12.4. The SMILES string of the molecule is NCC1CCC(C(=O)Nc2ccccc2SC(F)F)O1. The number of nitrogens with two attached hydrogens (primary N) is 1. The molecule has 0 spiro atoms. The van der Waals surface area contributed by atoms with Crippen LogP contribution >= 0.6 is 11.8 Å². The minimum atomic E-state index is -2.53. The lowest BCUT2D eigenvalue weighted by molar-refractivity contribution is -0.126. The van der Waals surface area contributed by atoms with Crippen molar-refractivity contribution in [2.75, 3.05) is 11.9 Å². The lowest BCUT2D eigenvalue weighted by Crippen LogP contribution is -2.30. The lowest BCUT2D eigenvalue weighted by atomic mass is 10.2. The van der Waals surface area contributed by atoms with Crippen molar-refractivity contribution in [2.24, 2.45) is 5.73 Å². The molecule has 1 aromatic rings. The highest BCUT2D eigenvalue weighted by molar-refractivity contribution is 7.99. The van der Waals surface area contributed by atoms with Crippen molar-refractivity contribution >= 4 is 23.4 Å². The van der Waals surface area contributed by atoms with E-state index in [1.54, 1.807) is 24.3 Å².